The Morgan fingerprint density at radius 3 is 2.35 bits per heavy atom. The minimum Gasteiger partial charge on any atom is -0.422 e. The van der Waals surface area contributed by atoms with E-state index >= 15 is 0 Å². The molecule has 0 atom stereocenters. The first kappa shape index (κ1) is 21.8. The number of benzene rings is 4. The number of esters is 1. The van der Waals surface area contributed by atoms with Crippen molar-refractivity contribution in [1.82, 2.24) is 5.43 Å². The zero-order chi connectivity index (χ0) is 23.5. The highest BCUT2D eigenvalue weighted by Gasteiger charge is 2.17. The van der Waals surface area contributed by atoms with Crippen LogP contribution in [0.25, 0.3) is 20.9 Å². The lowest BCUT2D eigenvalue weighted by molar-refractivity contribution is 0.0734. The number of hydrogen-bond donors (Lipinski definition) is 1. The molecule has 5 nitrogen and oxygen atoms in total. The monoisotopic (exact) mass is 484 g/mol. The second-order valence-electron chi connectivity index (χ2n) is 7.39. The summed E-state index contributed by atoms with van der Waals surface area (Å²) in [6.45, 7) is 0. The summed E-state index contributed by atoms with van der Waals surface area (Å²) in [4.78, 5) is 25.8. The van der Waals surface area contributed by atoms with Gasteiger partial charge in [0.25, 0.3) is 5.91 Å². The van der Waals surface area contributed by atoms with Gasteiger partial charge < -0.3 is 4.74 Å². The molecule has 1 aromatic heterocycles. The van der Waals surface area contributed by atoms with Crippen LogP contribution in [0.2, 0.25) is 5.02 Å². The number of nitrogens with zero attached hydrogens (tertiary/aromatic N) is 1. The molecule has 0 radical (unpaired) electrons. The van der Waals surface area contributed by atoms with E-state index in [4.69, 9.17) is 16.3 Å². The summed E-state index contributed by atoms with van der Waals surface area (Å²) >= 11 is 7.71. The fraction of sp³-hybridized carbons (Fsp3) is 0. The molecule has 0 aliphatic carbocycles. The van der Waals surface area contributed by atoms with Gasteiger partial charge in [0.05, 0.1) is 16.8 Å². The van der Waals surface area contributed by atoms with Gasteiger partial charge in [0.1, 0.15) is 10.6 Å². The van der Waals surface area contributed by atoms with E-state index in [1.54, 1.807) is 30.3 Å². The molecular formula is C27H17ClN2O3S. The molecule has 34 heavy (non-hydrogen) atoms. The number of fused-ring (bicyclic) bond motifs is 2. The van der Waals surface area contributed by atoms with Crippen molar-refractivity contribution in [3.63, 3.8) is 0 Å². The van der Waals surface area contributed by atoms with Crippen molar-refractivity contribution in [2.45, 2.75) is 0 Å². The zero-order valence-electron chi connectivity index (χ0n) is 17.7. The highest BCUT2D eigenvalue weighted by Crippen LogP contribution is 2.35. The van der Waals surface area contributed by atoms with Crippen LogP contribution in [0, 0.1) is 0 Å². The maximum absolute atomic E-state index is 12.8. The Hall–Kier alpha value is -4.00. The molecule has 166 valence electrons. The number of rotatable bonds is 5. The zero-order valence-corrected chi connectivity index (χ0v) is 19.3. The van der Waals surface area contributed by atoms with Gasteiger partial charge in [0, 0.05) is 15.6 Å². The van der Waals surface area contributed by atoms with Crippen molar-refractivity contribution in [3.05, 3.63) is 112 Å². The molecule has 7 heteroatoms. The molecule has 0 aliphatic rings. The molecule has 5 aromatic rings. The second kappa shape index (κ2) is 9.47. The Bertz CT molecular complexity index is 1560. The summed E-state index contributed by atoms with van der Waals surface area (Å²) in [6.07, 6.45) is 1.48. The van der Waals surface area contributed by atoms with Gasteiger partial charge in [-0.05, 0) is 35.0 Å². The summed E-state index contributed by atoms with van der Waals surface area (Å²) in [5.41, 5.74) is 3.55. The van der Waals surface area contributed by atoms with Gasteiger partial charge in [-0.3, -0.25) is 4.79 Å². The molecule has 1 amide bonds. The molecule has 5 rings (SSSR count). The van der Waals surface area contributed by atoms with Gasteiger partial charge in [-0.1, -0.05) is 78.3 Å². The summed E-state index contributed by atoms with van der Waals surface area (Å²) in [5.74, 6) is -0.553. The average Bonchev–Trinajstić information content (AvgIpc) is 3.22. The maximum atomic E-state index is 12.8. The van der Waals surface area contributed by atoms with E-state index in [0.717, 1.165) is 20.9 Å². The number of nitrogens with one attached hydrogen (secondary N) is 1. The minimum absolute atomic E-state index is 0.338. The van der Waals surface area contributed by atoms with Crippen LogP contribution in [0.3, 0.4) is 0 Å². The predicted molar refractivity (Wildman–Crippen MR) is 137 cm³/mol. The SMILES string of the molecule is O=C(Oc1ccc2ccccc2c1/C=N/NC(=O)c1sc2ccccc2c1Cl)c1ccccc1. The first-order valence-electron chi connectivity index (χ1n) is 10.4. The second-order valence-corrected chi connectivity index (χ2v) is 8.82. The first-order valence-corrected chi connectivity index (χ1v) is 11.6. The van der Waals surface area contributed by atoms with Crippen LogP contribution in [-0.4, -0.2) is 18.1 Å². The molecule has 0 saturated heterocycles. The maximum Gasteiger partial charge on any atom is 0.343 e. The van der Waals surface area contributed by atoms with Crippen molar-refractivity contribution < 1.29 is 14.3 Å². The highest BCUT2D eigenvalue weighted by atomic mass is 35.5. The third kappa shape index (κ3) is 4.29. The molecule has 1 heterocycles. The number of carbonyl (C=O) groups excluding carboxylic acids is 2. The van der Waals surface area contributed by atoms with Crippen LogP contribution < -0.4 is 10.2 Å². The molecular weight excluding hydrogens is 468 g/mol. The molecule has 0 saturated carbocycles. The lowest BCUT2D eigenvalue weighted by Gasteiger charge is -2.10. The van der Waals surface area contributed by atoms with E-state index in [9.17, 15) is 9.59 Å². The molecule has 4 aromatic carbocycles. The fourth-order valence-corrected chi connectivity index (χ4v) is 5.00. The molecule has 0 unspecified atom stereocenters. The van der Waals surface area contributed by atoms with Gasteiger partial charge in [-0.15, -0.1) is 11.3 Å². The van der Waals surface area contributed by atoms with Crippen LogP contribution in [0.5, 0.6) is 5.75 Å². The van der Waals surface area contributed by atoms with Crippen molar-refractivity contribution in [2.24, 2.45) is 5.10 Å². The minimum atomic E-state index is -0.480. The van der Waals surface area contributed by atoms with E-state index in [0.29, 0.717) is 26.8 Å². The van der Waals surface area contributed by atoms with Crippen molar-refractivity contribution >= 4 is 61.9 Å². The van der Waals surface area contributed by atoms with Crippen LogP contribution >= 0.6 is 22.9 Å². The normalized spacial score (nSPS) is 11.2. The number of halogens is 1. The number of hydrazone groups is 1. The summed E-state index contributed by atoms with van der Waals surface area (Å²) < 4.78 is 6.60. The van der Waals surface area contributed by atoms with Gasteiger partial charge >= 0.3 is 5.97 Å². The Labute approximate surface area is 204 Å². The van der Waals surface area contributed by atoms with Crippen LogP contribution in [0.15, 0.2) is 96.1 Å². The Balaban J connectivity index is 1.44. The quantitative estimate of drug-likeness (QED) is 0.131. The van der Waals surface area contributed by atoms with Gasteiger partial charge in [-0.25, -0.2) is 10.2 Å². The topological polar surface area (TPSA) is 67.8 Å². The van der Waals surface area contributed by atoms with Crippen LogP contribution in [-0.2, 0) is 0 Å². The van der Waals surface area contributed by atoms with E-state index in [1.165, 1.54) is 17.6 Å². The van der Waals surface area contributed by atoms with Crippen LogP contribution in [0.1, 0.15) is 25.6 Å². The number of carbonyl (C=O) groups is 2. The van der Waals surface area contributed by atoms with E-state index in [-0.39, 0.29) is 0 Å². The third-order valence-corrected chi connectivity index (χ3v) is 6.92. The van der Waals surface area contributed by atoms with E-state index < -0.39 is 11.9 Å². The van der Waals surface area contributed by atoms with Gasteiger partial charge in [-0.2, -0.15) is 5.10 Å². The van der Waals surface area contributed by atoms with Crippen molar-refractivity contribution in [1.29, 1.82) is 0 Å². The number of thiophene rings is 1. The number of ether oxygens (including phenoxy) is 1. The molecule has 1 N–H and O–H groups in total. The number of amides is 1. The lowest BCUT2D eigenvalue weighted by Crippen LogP contribution is -2.17. The van der Waals surface area contributed by atoms with E-state index in [1.807, 2.05) is 60.7 Å². The summed E-state index contributed by atoms with van der Waals surface area (Å²) in [5, 5.41) is 7.16. The molecule has 0 aliphatic heterocycles. The Kier molecular flexibility index (Phi) is 6.08. The standard InChI is InChI=1S/C27H17ClN2O3S/c28-24-20-12-6-7-13-23(20)34-25(24)26(31)30-29-16-21-19-11-5-4-8-17(19)14-15-22(21)33-27(32)18-9-2-1-3-10-18/h1-16H,(H,30,31)/b29-16+. The van der Waals surface area contributed by atoms with Gasteiger partial charge in [0.2, 0.25) is 0 Å². The summed E-state index contributed by atoms with van der Waals surface area (Å²) in [6, 6.07) is 27.6. The third-order valence-electron chi connectivity index (χ3n) is 5.24. The van der Waals surface area contributed by atoms with Crippen molar-refractivity contribution in [3.8, 4) is 5.75 Å². The van der Waals surface area contributed by atoms with Crippen molar-refractivity contribution in [2.75, 3.05) is 0 Å². The largest absolute Gasteiger partial charge is 0.422 e. The van der Waals surface area contributed by atoms with Gasteiger partial charge in [0.15, 0.2) is 0 Å². The molecule has 0 bridgehead atoms. The molecule has 0 fully saturated rings. The first-order chi connectivity index (χ1) is 16.6. The average molecular weight is 485 g/mol. The van der Waals surface area contributed by atoms with E-state index in [2.05, 4.69) is 10.5 Å². The highest BCUT2D eigenvalue weighted by molar-refractivity contribution is 7.21. The fourth-order valence-electron chi connectivity index (χ4n) is 3.60. The summed E-state index contributed by atoms with van der Waals surface area (Å²) in [7, 11) is 0. The smallest absolute Gasteiger partial charge is 0.343 e. The Morgan fingerprint density at radius 2 is 1.56 bits per heavy atom. The Morgan fingerprint density at radius 1 is 0.853 bits per heavy atom. The number of hydrogen-bond acceptors (Lipinski definition) is 5. The van der Waals surface area contributed by atoms with Crippen LogP contribution in [0.4, 0.5) is 0 Å². The molecule has 0 spiro atoms. The predicted octanol–water partition coefficient (Wildman–Crippen LogP) is 6.69. The lowest BCUT2D eigenvalue weighted by atomic mass is 10.0.